The summed E-state index contributed by atoms with van der Waals surface area (Å²) in [6.45, 7) is 0.805. The molecule has 3 nitrogen and oxygen atoms in total. The number of halogens is 1. The molecule has 5 heteroatoms. The molecule has 2 rings (SSSR count). The molecule has 0 aromatic rings. The molecular formula is C7H11ClN2OS. The van der Waals surface area contributed by atoms with Gasteiger partial charge < -0.3 is 4.90 Å². The molecule has 2 atom stereocenters. The predicted molar refractivity (Wildman–Crippen MR) is 50.5 cm³/mol. The Morgan fingerprint density at radius 2 is 2.33 bits per heavy atom. The van der Waals surface area contributed by atoms with Crippen molar-refractivity contribution in [1.29, 1.82) is 0 Å². The van der Waals surface area contributed by atoms with Crippen LogP contribution in [0.5, 0.6) is 0 Å². The van der Waals surface area contributed by atoms with E-state index in [4.69, 9.17) is 11.6 Å². The van der Waals surface area contributed by atoms with Gasteiger partial charge in [0, 0.05) is 18.5 Å². The molecule has 2 amide bonds. The minimum Gasteiger partial charge on any atom is -0.318 e. The van der Waals surface area contributed by atoms with Crippen LogP contribution >= 0.6 is 24.4 Å². The van der Waals surface area contributed by atoms with Gasteiger partial charge in [-0.05, 0) is 12.8 Å². The van der Waals surface area contributed by atoms with Crippen molar-refractivity contribution >= 4 is 30.4 Å². The molecule has 0 spiro atoms. The second kappa shape index (κ2) is 3.00. The van der Waals surface area contributed by atoms with E-state index in [0.717, 1.165) is 19.4 Å². The molecular weight excluding hydrogens is 196 g/mol. The fourth-order valence-electron chi connectivity index (χ4n) is 1.89. The van der Waals surface area contributed by atoms with E-state index in [1.807, 2.05) is 4.90 Å². The van der Waals surface area contributed by atoms with Gasteiger partial charge in [-0.3, -0.25) is 4.31 Å². The Hall–Kier alpha value is -0.0900. The summed E-state index contributed by atoms with van der Waals surface area (Å²) in [5.41, 5.74) is 0. The van der Waals surface area contributed by atoms with E-state index in [0.29, 0.717) is 11.9 Å². The second-order valence-electron chi connectivity index (χ2n) is 3.32. The molecule has 0 unspecified atom stereocenters. The molecule has 2 aliphatic rings. The average Bonchev–Trinajstić information content (AvgIpc) is 2.33. The first kappa shape index (κ1) is 8.51. The number of rotatable bonds is 1. The zero-order chi connectivity index (χ0) is 8.72. The summed E-state index contributed by atoms with van der Waals surface area (Å²) in [4.78, 5) is 13.3. The van der Waals surface area contributed by atoms with E-state index >= 15 is 0 Å². The molecule has 2 bridgehead atoms. The Morgan fingerprint density at radius 1 is 1.58 bits per heavy atom. The maximum Gasteiger partial charge on any atom is 0.330 e. The lowest BCUT2D eigenvalue weighted by molar-refractivity contribution is 0.190. The summed E-state index contributed by atoms with van der Waals surface area (Å²) in [6, 6.07) is 0.555. The molecule has 2 fully saturated rings. The maximum atomic E-state index is 11.5. The molecule has 0 N–H and O–H groups in total. The van der Waals surface area contributed by atoms with Gasteiger partial charge in [0.2, 0.25) is 0 Å². The van der Waals surface area contributed by atoms with Crippen molar-refractivity contribution in [2.75, 3.05) is 12.4 Å². The monoisotopic (exact) mass is 206 g/mol. The molecule has 0 radical (unpaired) electrons. The quantitative estimate of drug-likeness (QED) is 0.508. The molecule has 0 aromatic carbocycles. The topological polar surface area (TPSA) is 23.6 Å². The molecule has 12 heavy (non-hydrogen) atoms. The fraction of sp³-hybridized carbons (Fsp3) is 0.857. The minimum atomic E-state index is 0.0199. The van der Waals surface area contributed by atoms with Gasteiger partial charge in [-0.1, -0.05) is 12.8 Å². The van der Waals surface area contributed by atoms with Crippen LogP contribution in [-0.2, 0) is 0 Å². The van der Waals surface area contributed by atoms with Crippen LogP contribution < -0.4 is 0 Å². The highest BCUT2D eigenvalue weighted by Crippen LogP contribution is 2.30. The zero-order valence-corrected chi connectivity index (χ0v) is 8.26. The largest absolute Gasteiger partial charge is 0.330 e. The van der Waals surface area contributed by atoms with E-state index in [1.165, 1.54) is 4.31 Å². The van der Waals surface area contributed by atoms with Crippen molar-refractivity contribution in [3.8, 4) is 0 Å². The third kappa shape index (κ3) is 1.09. The van der Waals surface area contributed by atoms with Crippen LogP contribution in [-0.4, -0.2) is 39.7 Å². The van der Waals surface area contributed by atoms with Gasteiger partial charge >= 0.3 is 6.03 Å². The number of hydrogen-bond acceptors (Lipinski definition) is 2. The highest BCUT2D eigenvalue weighted by molar-refractivity contribution is 7.78. The van der Waals surface area contributed by atoms with E-state index in [9.17, 15) is 4.79 Å². The Kier molecular flexibility index (Phi) is 2.12. The standard InChI is InChI=1S/C7H11ClN2OS/c8-3-5-1-2-6-4-9(5)7(11)10(6)12/h5-6,12H,1-4H2/t5-,6+/m0/s1. The first-order valence-corrected chi connectivity index (χ1v) is 5.02. The number of carbonyl (C=O) groups is 1. The molecule has 68 valence electrons. The van der Waals surface area contributed by atoms with Crippen LogP contribution in [0.25, 0.3) is 0 Å². The normalized spacial score (nSPS) is 34.7. The second-order valence-corrected chi connectivity index (χ2v) is 4.06. The predicted octanol–water partition coefficient (Wildman–Crippen LogP) is 1.34. The van der Waals surface area contributed by atoms with Gasteiger partial charge in [0.05, 0.1) is 6.04 Å². The van der Waals surface area contributed by atoms with Gasteiger partial charge in [0.15, 0.2) is 0 Å². The Morgan fingerprint density at radius 3 is 3.00 bits per heavy atom. The number of thiol groups is 1. The smallest absolute Gasteiger partial charge is 0.318 e. The molecule has 2 saturated heterocycles. The maximum absolute atomic E-state index is 11.5. The number of carbonyl (C=O) groups excluding carboxylic acids is 1. The molecule has 0 saturated carbocycles. The van der Waals surface area contributed by atoms with Gasteiger partial charge in [0.25, 0.3) is 0 Å². The van der Waals surface area contributed by atoms with Crippen molar-refractivity contribution in [2.24, 2.45) is 0 Å². The number of hydrogen-bond donors (Lipinski definition) is 1. The zero-order valence-electron chi connectivity index (χ0n) is 6.61. The third-order valence-electron chi connectivity index (χ3n) is 2.65. The van der Waals surface area contributed by atoms with E-state index in [1.54, 1.807) is 0 Å². The molecule has 0 aliphatic carbocycles. The summed E-state index contributed by atoms with van der Waals surface area (Å²) in [7, 11) is 0. The van der Waals surface area contributed by atoms with Crippen LogP contribution in [0.3, 0.4) is 0 Å². The molecule has 2 aliphatic heterocycles. The lowest BCUT2D eigenvalue weighted by atomic mass is 10.0. The van der Waals surface area contributed by atoms with Crippen molar-refractivity contribution < 1.29 is 4.79 Å². The van der Waals surface area contributed by atoms with Gasteiger partial charge in [0.1, 0.15) is 0 Å². The first-order valence-electron chi connectivity index (χ1n) is 4.08. The lowest BCUT2D eigenvalue weighted by Gasteiger charge is -2.28. The number of urea groups is 1. The van der Waals surface area contributed by atoms with Gasteiger partial charge in [-0.25, -0.2) is 4.79 Å². The van der Waals surface area contributed by atoms with Gasteiger partial charge in [-0.2, -0.15) is 0 Å². The third-order valence-corrected chi connectivity index (χ3v) is 3.50. The number of piperidine rings is 1. The summed E-state index contributed by atoms with van der Waals surface area (Å²) in [5, 5.41) is 0. The number of alkyl halides is 1. The van der Waals surface area contributed by atoms with Gasteiger partial charge in [-0.15, -0.1) is 11.6 Å². The Balaban J connectivity index is 2.17. The van der Waals surface area contributed by atoms with E-state index in [-0.39, 0.29) is 12.1 Å². The van der Waals surface area contributed by atoms with Crippen LogP contribution in [0.1, 0.15) is 12.8 Å². The highest BCUT2D eigenvalue weighted by Gasteiger charge is 2.42. The van der Waals surface area contributed by atoms with Crippen molar-refractivity contribution in [2.45, 2.75) is 24.9 Å². The SMILES string of the molecule is O=C1N(S)[C@@H]2CC[C@@H](CCl)N1C2. The molecule has 0 aromatic heterocycles. The molecule has 2 heterocycles. The van der Waals surface area contributed by atoms with Crippen molar-refractivity contribution in [3.05, 3.63) is 0 Å². The van der Waals surface area contributed by atoms with Crippen molar-refractivity contribution in [1.82, 2.24) is 9.21 Å². The lowest BCUT2D eigenvalue weighted by Crippen LogP contribution is -2.41. The van der Waals surface area contributed by atoms with Crippen LogP contribution in [0.2, 0.25) is 0 Å². The van der Waals surface area contributed by atoms with Crippen LogP contribution in [0.4, 0.5) is 4.79 Å². The minimum absolute atomic E-state index is 0.0199. The summed E-state index contributed by atoms with van der Waals surface area (Å²) in [6.07, 6.45) is 2.04. The highest BCUT2D eigenvalue weighted by atomic mass is 35.5. The Bertz CT molecular complexity index is 214. The summed E-state index contributed by atoms with van der Waals surface area (Å²) < 4.78 is 1.53. The number of amides is 2. The number of fused-ring (bicyclic) bond motifs is 2. The fourth-order valence-corrected chi connectivity index (χ4v) is 2.51. The van der Waals surface area contributed by atoms with Crippen LogP contribution in [0.15, 0.2) is 0 Å². The summed E-state index contributed by atoms with van der Waals surface area (Å²) in [5.74, 6) is 0.542. The summed E-state index contributed by atoms with van der Waals surface area (Å²) >= 11 is 9.89. The van der Waals surface area contributed by atoms with E-state index in [2.05, 4.69) is 12.8 Å². The average molecular weight is 207 g/mol. The van der Waals surface area contributed by atoms with Crippen molar-refractivity contribution in [3.63, 3.8) is 0 Å². The van der Waals surface area contributed by atoms with Crippen LogP contribution in [0, 0.1) is 0 Å². The Labute approximate surface area is 82.2 Å². The van der Waals surface area contributed by atoms with E-state index < -0.39 is 0 Å². The first-order chi connectivity index (χ1) is 5.74. The number of nitrogens with zero attached hydrogens (tertiary/aromatic N) is 2.